The molecule has 1 aromatic carbocycles. The fourth-order valence-electron chi connectivity index (χ4n) is 1.96. The molecule has 1 N–H and O–H groups in total. The van der Waals surface area contributed by atoms with Crippen molar-refractivity contribution in [1.82, 2.24) is 15.5 Å². The summed E-state index contributed by atoms with van der Waals surface area (Å²) in [4.78, 5) is 11.8. The number of aromatic nitrogens is 2. The van der Waals surface area contributed by atoms with Crippen molar-refractivity contribution in [3.05, 3.63) is 24.1 Å². The van der Waals surface area contributed by atoms with Gasteiger partial charge in [0.1, 0.15) is 0 Å². The zero-order valence-corrected chi connectivity index (χ0v) is 12.0. The van der Waals surface area contributed by atoms with Gasteiger partial charge < -0.3 is 23.9 Å². The molecule has 0 bridgehead atoms. The summed E-state index contributed by atoms with van der Waals surface area (Å²) < 4.78 is 20.8. The minimum atomic E-state index is -0.407. The fraction of sp³-hybridized carbons (Fsp3) is 0.357. The normalized spacial score (nSPS) is 12.4. The van der Waals surface area contributed by atoms with E-state index >= 15 is 0 Å². The maximum absolute atomic E-state index is 11.8. The molecular formula is C14H15N3O5. The number of nitrogens with zero attached hydrogens (tertiary/aromatic N) is 2. The highest BCUT2D eigenvalue weighted by atomic mass is 16.7. The molecule has 3 rings (SSSR count). The molecule has 2 heterocycles. The largest absolute Gasteiger partial charge is 0.454 e. The first-order valence-corrected chi connectivity index (χ1v) is 6.78. The van der Waals surface area contributed by atoms with Crippen LogP contribution < -0.4 is 14.8 Å². The summed E-state index contributed by atoms with van der Waals surface area (Å²) >= 11 is 0. The molecule has 0 fully saturated rings. The number of carbonyl (C=O) groups is 1. The molecule has 1 aliphatic heterocycles. The summed E-state index contributed by atoms with van der Waals surface area (Å²) in [5.41, 5.74) is 0.662. The average molecular weight is 305 g/mol. The molecule has 0 saturated heterocycles. The lowest BCUT2D eigenvalue weighted by Crippen LogP contribution is -2.25. The molecule has 116 valence electrons. The second-order valence-electron chi connectivity index (χ2n) is 4.58. The Bertz CT molecular complexity index is 670. The van der Waals surface area contributed by atoms with E-state index in [1.165, 1.54) is 0 Å². The van der Waals surface area contributed by atoms with Gasteiger partial charge in [-0.05, 0) is 24.6 Å². The van der Waals surface area contributed by atoms with Gasteiger partial charge in [-0.1, -0.05) is 0 Å². The van der Waals surface area contributed by atoms with Crippen molar-refractivity contribution >= 4 is 5.91 Å². The number of rotatable bonds is 6. The van der Waals surface area contributed by atoms with E-state index in [1.807, 2.05) is 0 Å². The number of fused-ring (bicyclic) bond motifs is 1. The monoisotopic (exact) mass is 305 g/mol. The lowest BCUT2D eigenvalue weighted by Gasteiger charge is -2.01. The van der Waals surface area contributed by atoms with Gasteiger partial charge in [-0.3, -0.25) is 4.79 Å². The number of methoxy groups -OCH3 is 1. The van der Waals surface area contributed by atoms with Crippen LogP contribution in [0.25, 0.3) is 11.5 Å². The minimum absolute atomic E-state index is 0.0786. The van der Waals surface area contributed by atoms with Gasteiger partial charge in [0.15, 0.2) is 11.5 Å². The number of nitrogens with one attached hydrogen (secondary N) is 1. The Morgan fingerprint density at radius 3 is 3.05 bits per heavy atom. The van der Waals surface area contributed by atoms with Crippen molar-refractivity contribution < 1.29 is 23.4 Å². The molecule has 22 heavy (non-hydrogen) atoms. The third kappa shape index (κ3) is 3.01. The van der Waals surface area contributed by atoms with Crippen LogP contribution in [0.4, 0.5) is 0 Å². The summed E-state index contributed by atoms with van der Waals surface area (Å²) in [6.07, 6.45) is 0.714. The van der Waals surface area contributed by atoms with Crippen LogP contribution in [-0.2, 0) is 4.74 Å². The van der Waals surface area contributed by atoms with E-state index in [9.17, 15) is 4.79 Å². The zero-order valence-electron chi connectivity index (χ0n) is 12.0. The Morgan fingerprint density at radius 2 is 2.18 bits per heavy atom. The molecule has 0 spiro atoms. The van der Waals surface area contributed by atoms with Gasteiger partial charge in [0.05, 0.1) is 0 Å². The average Bonchev–Trinajstić information content (AvgIpc) is 3.19. The first-order chi connectivity index (χ1) is 10.8. The van der Waals surface area contributed by atoms with Crippen LogP contribution in [0.5, 0.6) is 11.5 Å². The van der Waals surface area contributed by atoms with Crippen molar-refractivity contribution in [2.75, 3.05) is 27.1 Å². The topological polar surface area (TPSA) is 95.7 Å². The number of hydrogen-bond acceptors (Lipinski definition) is 7. The van der Waals surface area contributed by atoms with Crippen molar-refractivity contribution in [1.29, 1.82) is 0 Å². The van der Waals surface area contributed by atoms with Gasteiger partial charge >= 0.3 is 11.8 Å². The van der Waals surface area contributed by atoms with Crippen molar-refractivity contribution in [2.45, 2.75) is 6.42 Å². The van der Waals surface area contributed by atoms with E-state index in [-0.39, 0.29) is 18.6 Å². The van der Waals surface area contributed by atoms with Gasteiger partial charge in [-0.15, -0.1) is 10.2 Å². The molecule has 2 aromatic rings. The van der Waals surface area contributed by atoms with Crippen molar-refractivity contribution in [3.63, 3.8) is 0 Å². The summed E-state index contributed by atoms with van der Waals surface area (Å²) in [7, 11) is 1.61. The Hall–Kier alpha value is -2.61. The lowest BCUT2D eigenvalue weighted by molar-refractivity contribution is 0.0914. The highest BCUT2D eigenvalue weighted by Crippen LogP contribution is 2.35. The molecule has 0 atom stereocenters. The van der Waals surface area contributed by atoms with Crippen LogP contribution in [0.1, 0.15) is 17.1 Å². The standard InChI is InChI=1S/C14H15N3O5/c1-19-6-2-5-15-12(18)14-17-16-13(22-14)9-3-4-10-11(7-9)21-8-20-10/h3-4,7H,2,5-6,8H2,1H3,(H,15,18). The van der Waals surface area contributed by atoms with Crippen LogP contribution in [0.15, 0.2) is 22.6 Å². The highest BCUT2D eigenvalue weighted by molar-refractivity contribution is 5.89. The molecule has 0 saturated carbocycles. The maximum atomic E-state index is 11.8. The van der Waals surface area contributed by atoms with E-state index in [2.05, 4.69) is 15.5 Å². The maximum Gasteiger partial charge on any atom is 0.308 e. The van der Waals surface area contributed by atoms with Crippen LogP contribution >= 0.6 is 0 Å². The Balaban J connectivity index is 1.67. The van der Waals surface area contributed by atoms with E-state index in [0.29, 0.717) is 36.6 Å². The molecule has 0 aliphatic carbocycles. The van der Waals surface area contributed by atoms with Gasteiger partial charge in [-0.25, -0.2) is 0 Å². The van der Waals surface area contributed by atoms with E-state index in [0.717, 1.165) is 0 Å². The number of hydrogen-bond donors (Lipinski definition) is 1. The van der Waals surface area contributed by atoms with Crippen LogP contribution in [0.3, 0.4) is 0 Å². The van der Waals surface area contributed by atoms with E-state index < -0.39 is 5.91 Å². The highest BCUT2D eigenvalue weighted by Gasteiger charge is 2.18. The third-order valence-electron chi connectivity index (χ3n) is 3.05. The van der Waals surface area contributed by atoms with Crippen LogP contribution in [0, 0.1) is 0 Å². The molecule has 1 aromatic heterocycles. The SMILES string of the molecule is COCCCNC(=O)c1nnc(-c2ccc3c(c2)OCO3)o1. The van der Waals surface area contributed by atoms with Gasteiger partial charge in [0, 0.05) is 25.8 Å². The molecule has 0 unspecified atom stereocenters. The molecule has 0 radical (unpaired) electrons. The molecule has 1 amide bonds. The van der Waals surface area contributed by atoms with Gasteiger partial charge in [-0.2, -0.15) is 0 Å². The van der Waals surface area contributed by atoms with Crippen LogP contribution in [-0.4, -0.2) is 43.2 Å². The van der Waals surface area contributed by atoms with Crippen molar-refractivity contribution in [3.8, 4) is 23.0 Å². The first-order valence-electron chi connectivity index (χ1n) is 6.78. The molecule has 8 heteroatoms. The first kappa shape index (κ1) is 14.3. The zero-order chi connectivity index (χ0) is 15.4. The lowest BCUT2D eigenvalue weighted by atomic mass is 10.2. The molecular weight excluding hydrogens is 290 g/mol. The van der Waals surface area contributed by atoms with Gasteiger partial charge in [0.2, 0.25) is 12.7 Å². The smallest absolute Gasteiger partial charge is 0.308 e. The summed E-state index contributed by atoms with van der Waals surface area (Å²) in [5.74, 6) is 1.04. The fourth-order valence-corrected chi connectivity index (χ4v) is 1.96. The predicted octanol–water partition coefficient (Wildman–Crippen LogP) is 1.23. The van der Waals surface area contributed by atoms with E-state index in [1.54, 1.807) is 25.3 Å². The van der Waals surface area contributed by atoms with E-state index in [4.69, 9.17) is 18.6 Å². The quantitative estimate of drug-likeness (QED) is 0.802. The Morgan fingerprint density at radius 1 is 1.32 bits per heavy atom. The number of ether oxygens (including phenoxy) is 3. The minimum Gasteiger partial charge on any atom is -0.454 e. The number of amides is 1. The summed E-state index contributed by atoms with van der Waals surface area (Å²) in [6, 6.07) is 5.25. The van der Waals surface area contributed by atoms with Crippen LogP contribution in [0.2, 0.25) is 0 Å². The predicted molar refractivity (Wildman–Crippen MR) is 74.7 cm³/mol. The number of benzene rings is 1. The Labute approximate surface area is 126 Å². The molecule has 1 aliphatic rings. The second kappa shape index (κ2) is 6.44. The van der Waals surface area contributed by atoms with Gasteiger partial charge in [0.25, 0.3) is 0 Å². The summed E-state index contributed by atoms with van der Waals surface area (Å²) in [5, 5.41) is 10.3. The third-order valence-corrected chi connectivity index (χ3v) is 3.05. The number of carbonyl (C=O) groups excluding carboxylic acids is 1. The molecule has 8 nitrogen and oxygen atoms in total. The summed E-state index contributed by atoms with van der Waals surface area (Å²) in [6.45, 7) is 1.25. The Kier molecular flexibility index (Phi) is 4.19. The van der Waals surface area contributed by atoms with Crippen molar-refractivity contribution in [2.24, 2.45) is 0 Å². The second-order valence-corrected chi connectivity index (χ2v) is 4.58.